The Balaban J connectivity index is 2.70. The van der Waals surface area contributed by atoms with Gasteiger partial charge in [-0.1, -0.05) is 65.8 Å². The quantitative estimate of drug-likeness (QED) is 0.633. The molecule has 0 atom stereocenters. The summed E-state index contributed by atoms with van der Waals surface area (Å²) in [5, 5.41) is 0. The number of rotatable bonds is 1. The minimum absolute atomic E-state index is 0.0630. The van der Waals surface area contributed by atoms with Crippen LogP contribution in [0.4, 0.5) is 0 Å². The van der Waals surface area contributed by atoms with Gasteiger partial charge in [-0.15, -0.1) is 0 Å². The number of nitrogens with zero attached hydrogens (tertiary/aromatic N) is 1. The second-order valence-electron chi connectivity index (χ2n) is 8.09. The van der Waals surface area contributed by atoms with Crippen LogP contribution >= 0.6 is 0 Å². The number of pyridine rings is 1. The molecule has 0 fully saturated rings. The van der Waals surface area contributed by atoms with Crippen LogP contribution in [0.3, 0.4) is 0 Å². The molecule has 2 rings (SSSR count). The van der Waals surface area contributed by atoms with Gasteiger partial charge in [0.2, 0.25) is 0 Å². The highest BCUT2D eigenvalue weighted by Gasteiger charge is 2.20. The highest BCUT2D eigenvalue weighted by Crippen LogP contribution is 2.32. The van der Waals surface area contributed by atoms with Crippen LogP contribution in [-0.2, 0) is 10.8 Å². The molecule has 0 aliphatic carbocycles. The average molecular weight is 298 g/mol. The fourth-order valence-corrected chi connectivity index (χ4v) is 2.73. The van der Waals surface area contributed by atoms with Crippen LogP contribution in [0.1, 0.15) is 68.2 Å². The molecule has 2 aromatic rings. The lowest BCUT2D eigenvalue weighted by molar-refractivity contribution is 0.582. The zero-order valence-corrected chi connectivity index (χ0v) is 14.8. The van der Waals surface area contributed by atoms with Crippen LogP contribution in [0.5, 0.6) is 0 Å². The van der Waals surface area contributed by atoms with E-state index in [0.717, 1.165) is 16.8 Å². The Morgan fingerprint density at radius 2 is 1.45 bits per heavy atom. The highest BCUT2D eigenvalue weighted by molar-refractivity contribution is 5.67. The van der Waals surface area contributed by atoms with E-state index in [-0.39, 0.29) is 16.5 Å². The van der Waals surface area contributed by atoms with Crippen molar-refractivity contribution in [2.45, 2.75) is 66.1 Å². The van der Waals surface area contributed by atoms with Crippen molar-refractivity contribution in [1.82, 2.24) is 4.98 Å². The molecule has 0 radical (unpaired) electrons. The molecule has 1 nitrogen and oxygen atoms in total. The fourth-order valence-electron chi connectivity index (χ4n) is 2.73. The summed E-state index contributed by atoms with van der Waals surface area (Å²) in [6.07, 6.45) is 0. The molecular formula is C21H29N. The van der Waals surface area contributed by atoms with Crippen molar-refractivity contribution in [3.63, 3.8) is 0 Å². The summed E-state index contributed by atoms with van der Waals surface area (Å²) in [6, 6.07) is 10.2. The normalized spacial score (nSPS) is 15.1. The third kappa shape index (κ3) is 3.40. The molecule has 0 N–H and O–H groups in total. The van der Waals surface area contributed by atoms with Crippen LogP contribution in [0, 0.1) is 13.8 Å². The second kappa shape index (κ2) is 5.53. The number of hydrogen-bond acceptors (Lipinski definition) is 1. The smallest absolute Gasteiger partial charge is 0.0454 e. The standard InChI is InChI=1S/C21H29N/c1-14-18(13-19(15(2)22-14)21(6,7)8)16-9-11-17(12-10-16)20(3,4)5/h9-13H,1-8H3/i1D3. The zero-order chi connectivity index (χ0) is 19.2. The van der Waals surface area contributed by atoms with Crippen molar-refractivity contribution in [2.75, 3.05) is 0 Å². The Kier molecular flexibility index (Phi) is 3.24. The van der Waals surface area contributed by atoms with Gasteiger partial charge in [0, 0.05) is 21.1 Å². The molecule has 0 bridgehead atoms. The highest BCUT2D eigenvalue weighted by atomic mass is 14.7. The van der Waals surface area contributed by atoms with Gasteiger partial charge < -0.3 is 0 Å². The van der Waals surface area contributed by atoms with E-state index in [2.05, 4.69) is 58.7 Å². The summed E-state index contributed by atoms with van der Waals surface area (Å²) < 4.78 is 23.7. The number of hydrogen-bond donors (Lipinski definition) is 0. The summed E-state index contributed by atoms with van der Waals surface area (Å²) in [5.41, 5.74) is 4.85. The molecular weight excluding hydrogens is 266 g/mol. The molecule has 0 aliphatic heterocycles. The Morgan fingerprint density at radius 1 is 0.864 bits per heavy atom. The number of aryl methyl sites for hydroxylation is 2. The zero-order valence-electron chi connectivity index (χ0n) is 17.8. The molecule has 118 valence electrons. The monoisotopic (exact) mass is 298 g/mol. The summed E-state index contributed by atoms with van der Waals surface area (Å²) >= 11 is 0. The first-order valence-corrected chi connectivity index (χ1v) is 7.85. The van der Waals surface area contributed by atoms with Gasteiger partial charge in [-0.25, -0.2) is 0 Å². The van der Waals surface area contributed by atoms with Crippen molar-refractivity contribution in [3.05, 3.63) is 52.8 Å². The topological polar surface area (TPSA) is 12.9 Å². The van der Waals surface area contributed by atoms with Gasteiger partial charge in [0.15, 0.2) is 0 Å². The fraction of sp³-hybridized carbons (Fsp3) is 0.476. The van der Waals surface area contributed by atoms with Crippen molar-refractivity contribution < 1.29 is 4.11 Å². The van der Waals surface area contributed by atoms with Gasteiger partial charge in [0.1, 0.15) is 0 Å². The second-order valence-corrected chi connectivity index (χ2v) is 8.09. The molecule has 0 unspecified atom stereocenters. The van der Waals surface area contributed by atoms with Crippen molar-refractivity contribution >= 4 is 0 Å². The predicted molar refractivity (Wildman–Crippen MR) is 96.5 cm³/mol. The summed E-state index contributed by atoms with van der Waals surface area (Å²) in [4.78, 5) is 4.50. The van der Waals surface area contributed by atoms with E-state index in [9.17, 15) is 0 Å². The van der Waals surface area contributed by atoms with Crippen molar-refractivity contribution in [3.8, 4) is 11.1 Å². The van der Waals surface area contributed by atoms with E-state index in [1.54, 1.807) is 0 Å². The van der Waals surface area contributed by atoms with E-state index >= 15 is 0 Å². The molecule has 0 aliphatic rings. The van der Waals surface area contributed by atoms with Gasteiger partial charge >= 0.3 is 0 Å². The molecule has 1 aromatic heterocycles. The maximum absolute atomic E-state index is 7.90. The van der Waals surface area contributed by atoms with Gasteiger partial charge in [-0.2, -0.15) is 0 Å². The third-order valence-corrected chi connectivity index (χ3v) is 4.08. The van der Waals surface area contributed by atoms with Gasteiger partial charge in [0.25, 0.3) is 0 Å². The molecule has 1 heteroatoms. The number of aromatic nitrogens is 1. The average Bonchev–Trinajstić information content (AvgIpc) is 2.44. The first-order valence-electron chi connectivity index (χ1n) is 9.35. The predicted octanol–water partition coefficient (Wildman–Crippen LogP) is 5.96. The van der Waals surface area contributed by atoms with E-state index in [1.165, 1.54) is 5.56 Å². The lowest BCUT2D eigenvalue weighted by atomic mass is 9.83. The molecule has 1 heterocycles. The van der Waals surface area contributed by atoms with Gasteiger partial charge in [-0.05, 0) is 47.4 Å². The largest absolute Gasteiger partial charge is 0.258 e. The van der Waals surface area contributed by atoms with Crippen LogP contribution in [-0.4, -0.2) is 4.98 Å². The molecule has 0 saturated heterocycles. The first-order chi connectivity index (χ1) is 11.2. The molecule has 0 amide bonds. The lowest BCUT2D eigenvalue weighted by Gasteiger charge is -2.23. The van der Waals surface area contributed by atoms with Gasteiger partial charge in [0.05, 0.1) is 0 Å². The SMILES string of the molecule is [2H]C([2H])([2H])c1nc(C)c(C(C)(C)C)cc1-c1ccc(C(C)(C)C)cc1. The van der Waals surface area contributed by atoms with E-state index in [1.807, 2.05) is 25.1 Å². The molecule has 22 heavy (non-hydrogen) atoms. The Morgan fingerprint density at radius 3 is 1.91 bits per heavy atom. The first kappa shape index (κ1) is 12.9. The van der Waals surface area contributed by atoms with Crippen LogP contribution in [0.25, 0.3) is 11.1 Å². The lowest BCUT2D eigenvalue weighted by Crippen LogP contribution is -2.15. The molecule has 1 aromatic carbocycles. The van der Waals surface area contributed by atoms with E-state index in [4.69, 9.17) is 4.11 Å². The Bertz CT molecular complexity index is 758. The Labute approximate surface area is 140 Å². The van der Waals surface area contributed by atoms with E-state index < -0.39 is 6.85 Å². The minimum Gasteiger partial charge on any atom is -0.258 e. The molecule has 0 saturated carbocycles. The van der Waals surface area contributed by atoms with Crippen molar-refractivity contribution in [1.29, 1.82) is 0 Å². The van der Waals surface area contributed by atoms with Crippen LogP contribution in [0.2, 0.25) is 0 Å². The number of benzene rings is 1. The molecule has 0 spiro atoms. The van der Waals surface area contributed by atoms with Crippen LogP contribution in [0.15, 0.2) is 30.3 Å². The summed E-state index contributed by atoms with van der Waals surface area (Å²) in [7, 11) is 0. The Hall–Kier alpha value is -1.63. The minimum atomic E-state index is -2.24. The third-order valence-electron chi connectivity index (χ3n) is 4.08. The summed E-state index contributed by atoms with van der Waals surface area (Å²) in [5.74, 6) is 0. The van der Waals surface area contributed by atoms with Crippen molar-refractivity contribution in [2.24, 2.45) is 0 Å². The van der Waals surface area contributed by atoms with Gasteiger partial charge in [-0.3, -0.25) is 4.98 Å². The van der Waals surface area contributed by atoms with E-state index in [0.29, 0.717) is 5.56 Å². The summed E-state index contributed by atoms with van der Waals surface area (Å²) in [6.45, 7) is 12.5. The maximum Gasteiger partial charge on any atom is 0.0454 e. The maximum atomic E-state index is 7.90. The van der Waals surface area contributed by atoms with Crippen LogP contribution < -0.4 is 0 Å².